The summed E-state index contributed by atoms with van der Waals surface area (Å²) in [7, 11) is 2.01. The molecule has 0 unspecified atom stereocenters. The van der Waals surface area contributed by atoms with Gasteiger partial charge in [-0.3, -0.25) is 4.79 Å². The lowest BCUT2D eigenvalue weighted by atomic mass is 9.87. The average molecular weight is 419 g/mol. The molecule has 1 amide bonds. The van der Waals surface area contributed by atoms with Crippen LogP contribution in [0.4, 0.5) is 5.69 Å². The number of carbonyl (C=O) groups is 1. The van der Waals surface area contributed by atoms with Gasteiger partial charge in [-0.05, 0) is 51.2 Å². The molecule has 0 aliphatic rings. The predicted octanol–water partition coefficient (Wildman–Crippen LogP) is 4.38. The van der Waals surface area contributed by atoms with E-state index in [1.54, 1.807) is 0 Å². The molecule has 140 valence electrons. The molecule has 5 heteroatoms. The van der Waals surface area contributed by atoms with Crippen molar-refractivity contribution in [1.82, 2.24) is 5.32 Å². The molecule has 2 rings (SSSR count). The highest BCUT2D eigenvalue weighted by atomic mass is 79.9. The van der Waals surface area contributed by atoms with E-state index in [0.29, 0.717) is 12.3 Å². The zero-order valence-corrected chi connectivity index (χ0v) is 17.5. The number of hydrogen-bond donors (Lipinski definition) is 1. The molecule has 0 saturated heterocycles. The van der Waals surface area contributed by atoms with Gasteiger partial charge >= 0.3 is 0 Å². The molecule has 0 aromatic heterocycles. The van der Waals surface area contributed by atoms with E-state index in [0.717, 1.165) is 16.7 Å². The molecular weight excluding hydrogens is 392 g/mol. The normalized spacial score (nSPS) is 11.1. The van der Waals surface area contributed by atoms with Crippen LogP contribution in [0.15, 0.2) is 53.0 Å². The monoisotopic (exact) mass is 418 g/mol. The van der Waals surface area contributed by atoms with Crippen molar-refractivity contribution < 1.29 is 9.53 Å². The topological polar surface area (TPSA) is 41.6 Å². The zero-order chi connectivity index (χ0) is 19.2. The van der Waals surface area contributed by atoms with Crippen LogP contribution in [0.3, 0.4) is 0 Å². The van der Waals surface area contributed by atoms with Crippen LogP contribution in [-0.4, -0.2) is 32.7 Å². The maximum Gasteiger partial charge on any atom is 0.258 e. The second kappa shape index (κ2) is 9.08. The van der Waals surface area contributed by atoms with Gasteiger partial charge < -0.3 is 15.0 Å². The highest BCUT2D eigenvalue weighted by Crippen LogP contribution is 2.31. The van der Waals surface area contributed by atoms with Crippen molar-refractivity contribution >= 4 is 27.5 Å². The van der Waals surface area contributed by atoms with E-state index in [1.807, 2.05) is 55.6 Å². The highest BCUT2D eigenvalue weighted by Gasteiger charge is 2.15. The Kier molecular flexibility index (Phi) is 7.09. The lowest BCUT2D eigenvalue weighted by Crippen LogP contribution is -2.35. The van der Waals surface area contributed by atoms with Crippen LogP contribution in [0.2, 0.25) is 0 Å². The first-order chi connectivity index (χ1) is 12.3. The molecule has 2 aromatic rings. The first kappa shape index (κ1) is 20.3. The lowest BCUT2D eigenvalue weighted by Gasteiger charge is -2.20. The van der Waals surface area contributed by atoms with Gasteiger partial charge in [0.2, 0.25) is 0 Å². The smallest absolute Gasteiger partial charge is 0.258 e. The maximum atomic E-state index is 12.0. The van der Waals surface area contributed by atoms with Gasteiger partial charge in [0.15, 0.2) is 6.61 Å². The van der Waals surface area contributed by atoms with Gasteiger partial charge in [-0.2, -0.15) is 0 Å². The van der Waals surface area contributed by atoms with Crippen LogP contribution >= 0.6 is 15.9 Å². The van der Waals surface area contributed by atoms with Gasteiger partial charge in [0.05, 0.1) is 4.47 Å². The average Bonchev–Trinajstić information content (AvgIpc) is 2.60. The number of para-hydroxylation sites is 1. The third kappa shape index (κ3) is 6.06. The Bertz CT molecular complexity index is 727. The Balaban J connectivity index is 1.77. The second-order valence-electron chi connectivity index (χ2n) is 7.29. The molecule has 0 atom stereocenters. The van der Waals surface area contributed by atoms with Crippen LogP contribution < -0.4 is 15.0 Å². The van der Waals surface area contributed by atoms with Crippen LogP contribution in [0.5, 0.6) is 5.75 Å². The van der Waals surface area contributed by atoms with E-state index in [1.165, 1.54) is 5.56 Å². The zero-order valence-electron chi connectivity index (χ0n) is 15.9. The molecule has 1 N–H and O–H groups in total. The van der Waals surface area contributed by atoms with E-state index in [4.69, 9.17) is 4.74 Å². The molecular formula is C21H27BrN2O2. The standard InChI is InChI=1S/C21H27BrN2O2/c1-21(2,3)16-10-11-19(18(22)14-16)26-15-20(25)23-12-13-24(4)17-8-6-5-7-9-17/h5-11,14H,12-13,15H2,1-4H3,(H,23,25). The van der Waals surface area contributed by atoms with Crippen molar-refractivity contribution in [3.8, 4) is 5.75 Å². The molecule has 0 spiro atoms. The SMILES string of the molecule is CN(CCNC(=O)COc1ccc(C(C)(C)C)cc1Br)c1ccccc1. The molecule has 0 fully saturated rings. The third-order valence-electron chi connectivity index (χ3n) is 4.12. The Morgan fingerprint density at radius 1 is 1.15 bits per heavy atom. The number of likely N-dealkylation sites (N-methyl/N-ethyl adjacent to an activating group) is 1. The van der Waals surface area contributed by atoms with Gasteiger partial charge in [0.1, 0.15) is 5.75 Å². The number of carbonyl (C=O) groups excluding carboxylic acids is 1. The van der Waals surface area contributed by atoms with Crippen molar-refractivity contribution in [3.63, 3.8) is 0 Å². The molecule has 0 saturated carbocycles. The number of hydrogen-bond acceptors (Lipinski definition) is 3. The summed E-state index contributed by atoms with van der Waals surface area (Å²) in [6, 6.07) is 16.1. The third-order valence-corrected chi connectivity index (χ3v) is 4.74. The molecule has 2 aromatic carbocycles. The molecule has 4 nitrogen and oxygen atoms in total. The maximum absolute atomic E-state index is 12.0. The number of halogens is 1. The second-order valence-corrected chi connectivity index (χ2v) is 8.15. The molecule has 0 aliphatic heterocycles. The molecule has 0 bridgehead atoms. The molecule has 0 radical (unpaired) electrons. The van der Waals surface area contributed by atoms with Crippen LogP contribution in [0.1, 0.15) is 26.3 Å². The minimum absolute atomic E-state index is 0.00250. The van der Waals surface area contributed by atoms with Crippen molar-refractivity contribution in [2.24, 2.45) is 0 Å². The van der Waals surface area contributed by atoms with E-state index in [2.05, 4.69) is 46.9 Å². The van der Waals surface area contributed by atoms with E-state index >= 15 is 0 Å². The summed E-state index contributed by atoms with van der Waals surface area (Å²) in [5.74, 6) is 0.549. The quantitative estimate of drug-likeness (QED) is 0.725. The van der Waals surface area contributed by atoms with Crippen LogP contribution in [-0.2, 0) is 10.2 Å². The van der Waals surface area contributed by atoms with E-state index in [9.17, 15) is 4.79 Å². The summed E-state index contributed by atoms with van der Waals surface area (Å²) in [5.41, 5.74) is 2.41. The minimum Gasteiger partial charge on any atom is -0.483 e. The summed E-state index contributed by atoms with van der Waals surface area (Å²) in [6.07, 6.45) is 0. The number of nitrogens with one attached hydrogen (secondary N) is 1. The van der Waals surface area contributed by atoms with Crippen molar-refractivity contribution in [2.45, 2.75) is 26.2 Å². The van der Waals surface area contributed by atoms with Crippen LogP contribution in [0.25, 0.3) is 0 Å². The fourth-order valence-electron chi connectivity index (χ4n) is 2.45. The molecule has 26 heavy (non-hydrogen) atoms. The minimum atomic E-state index is -0.127. The fourth-order valence-corrected chi connectivity index (χ4v) is 2.95. The fraction of sp³-hybridized carbons (Fsp3) is 0.381. The molecule has 0 heterocycles. The van der Waals surface area contributed by atoms with Crippen molar-refractivity contribution in [1.29, 1.82) is 0 Å². The summed E-state index contributed by atoms with van der Waals surface area (Å²) in [6.45, 7) is 7.79. The van der Waals surface area contributed by atoms with Crippen LogP contribution in [0, 0.1) is 0 Å². The first-order valence-corrected chi connectivity index (χ1v) is 9.52. The first-order valence-electron chi connectivity index (χ1n) is 8.73. The van der Waals surface area contributed by atoms with Gasteiger partial charge in [-0.1, -0.05) is 45.0 Å². The number of anilines is 1. The lowest BCUT2D eigenvalue weighted by molar-refractivity contribution is -0.123. The van der Waals surface area contributed by atoms with E-state index < -0.39 is 0 Å². The summed E-state index contributed by atoms with van der Waals surface area (Å²) >= 11 is 3.52. The number of amides is 1. The van der Waals surface area contributed by atoms with Crippen molar-refractivity contribution in [3.05, 3.63) is 58.6 Å². The van der Waals surface area contributed by atoms with Crippen molar-refractivity contribution in [2.75, 3.05) is 31.6 Å². The Hall–Kier alpha value is -2.01. The number of rotatable bonds is 7. The number of benzene rings is 2. The summed E-state index contributed by atoms with van der Waals surface area (Å²) in [5, 5.41) is 2.89. The Morgan fingerprint density at radius 3 is 2.46 bits per heavy atom. The number of nitrogens with zero attached hydrogens (tertiary/aromatic N) is 1. The van der Waals surface area contributed by atoms with Gasteiger partial charge in [0, 0.05) is 25.8 Å². The van der Waals surface area contributed by atoms with Gasteiger partial charge in [-0.15, -0.1) is 0 Å². The Labute approximate surface area is 164 Å². The predicted molar refractivity (Wildman–Crippen MR) is 111 cm³/mol. The summed E-state index contributed by atoms with van der Waals surface area (Å²) in [4.78, 5) is 14.1. The van der Waals surface area contributed by atoms with Gasteiger partial charge in [-0.25, -0.2) is 0 Å². The van der Waals surface area contributed by atoms with Gasteiger partial charge in [0.25, 0.3) is 5.91 Å². The molecule has 0 aliphatic carbocycles. The summed E-state index contributed by atoms with van der Waals surface area (Å²) < 4.78 is 6.50. The number of ether oxygens (including phenoxy) is 1. The Morgan fingerprint density at radius 2 is 1.85 bits per heavy atom. The largest absolute Gasteiger partial charge is 0.483 e. The highest BCUT2D eigenvalue weighted by molar-refractivity contribution is 9.10. The van der Waals surface area contributed by atoms with E-state index in [-0.39, 0.29) is 17.9 Å².